The minimum atomic E-state index is -4.98. The first-order valence-corrected chi connectivity index (χ1v) is 9.58. The molecule has 0 atom stereocenters. The Morgan fingerprint density at radius 1 is 1.17 bits per heavy atom. The van der Waals surface area contributed by atoms with E-state index >= 15 is 0 Å². The molecule has 1 N–H and O–H groups in total. The van der Waals surface area contributed by atoms with Crippen LogP contribution in [0.4, 0.5) is 22.0 Å². The summed E-state index contributed by atoms with van der Waals surface area (Å²) in [4.78, 5) is 18.8. The van der Waals surface area contributed by atoms with E-state index in [4.69, 9.17) is 0 Å². The van der Waals surface area contributed by atoms with Gasteiger partial charge in [0.15, 0.2) is 11.6 Å². The van der Waals surface area contributed by atoms with Crippen molar-refractivity contribution in [1.29, 1.82) is 0 Å². The summed E-state index contributed by atoms with van der Waals surface area (Å²) in [6.07, 6.45) is -3.63. The quantitative estimate of drug-likeness (QED) is 0.756. The molecular formula is C20H20F5N3O. The zero-order valence-corrected chi connectivity index (χ0v) is 15.6. The lowest BCUT2D eigenvalue weighted by Gasteiger charge is -2.33. The van der Waals surface area contributed by atoms with Crippen molar-refractivity contribution in [2.24, 2.45) is 4.99 Å². The zero-order valence-electron chi connectivity index (χ0n) is 15.6. The Bertz CT molecular complexity index is 898. The summed E-state index contributed by atoms with van der Waals surface area (Å²) in [5.74, 6) is -4.18. The van der Waals surface area contributed by atoms with Gasteiger partial charge in [-0.25, -0.2) is 8.78 Å². The SMILES string of the molecule is O=C(C1=NCC2=C1CNCC2)N1CCC(c2ccc(F)c(F)c2C(F)(F)F)CC1. The van der Waals surface area contributed by atoms with Crippen LogP contribution < -0.4 is 5.32 Å². The Labute approximate surface area is 164 Å². The van der Waals surface area contributed by atoms with Gasteiger partial charge in [-0.15, -0.1) is 0 Å². The number of carbonyl (C=O) groups is 1. The number of halogens is 5. The molecule has 1 aromatic carbocycles. The molecule has 4 nitrogen and oxygen atoms in total. The Hall–Kier alpha value is -2.29. The lowest BCUT2D eigenvalue weighted by Crippen LogP contribution is -2.43. The van der Waals surface area contributed by atoms with Crippen LogP contribution in [0.1, 0.15) is 36.3 Å². The Kier molecular flexibility index (Phi) is 5.18. The second-order valence-corrected chi connectivity index (χ2v) is 7.56. The van der Waals surface area contributed by atoms with Crippen molar-refractivity contribution in [1.82, 2.24) is 10.2 Å². The lowest BCUT2D eigenvalue weighted by molar-refractivity contribution is -0.141. The fourth-order valence-electron chi connectivity index (χ4n) is 4.36. The predicted octanol–water partition coefficient (Wildman–Crippen LogP) is 3.43. The molecule has 156 valence electrons. The molecule has 0 saturated carbocycles. The average molecular weight is 413 g/mol. The molecule has 0 spiro atoms. The molecule has 0 radical (unpaired) electrons. The number of amides is 1. The van der Waals surface area contributed by atoms with Crippen LogP contribution >= 0.6 is 0 Å². The van der Waals surface area contributed by atoms with Crippen LogP contribution in [-0.2, 0) is 11.0 Å². The van der Waals surface area contributed by atoms with Crippen molar-refractivity contribution in [2.45, 2.75) is 31.4 Å². The normalized spacial score (nSPS) is 20.7. The minimum absolute atomic E-state index is 0.210. The van der Waals surface area contributed by atoms with E-state index < -0.39 is 29.3 Å². The van der Waals surface area contributed by atoms with E-state index in [2.05, 4.69) is 10.3 Å². The summed E-state index contributed by atoms with van der Waals surface area (Å²) >= 11 is 0. The Morgan fingerprint density at radius 3 is 2.59 bits per heavy atom. The number of rotatable bonds is 2. The van der Waals surface area contributed by atoms with E-state index in [1.807, 2.05) is 0 Å². The molecule has 1 amide bonds. The highest BCUT2D eigenvalue weighted by atomic mass is 19.4. The summed E-state index contributed by atoms with van der Waals surface area (Å²) < 4.78 is 67.2. The summed E-state index contributed by atoms with van der Waals surface area (Å²) in [7, 11) is 0. The second-order valence-electron chi connectivity index (χ2n) is 7.56. The van der Waals surface area contributed by atoms with Gasteiger partial charge in [0, 0.05) is 19.6 Å². The van der Waals surface area contributed by atoms with Crippen LogP contribution in [0.2, 0.25) is 0 Å². The number of aliphatic imine (C=N–C) groups is 1. The number of carbonyl (C=O) groups excluding carboxylic acids is 1. The number of alkyl halides is 3. The van der Waals surface area contributed by atoms with E-state index in [0.717, 1.165) is 30.7 Å². The molecule has 9 heteroatoms. The number of likely N-dealkylation sites (tertiary alicyclic amines) is 1. The molecule has 0 aliphatic carbocycles. The number of piperidine rings is 1. The van der Waals surface area contributed by atoms with Gasteiger partial charge >= 0.3 is 6.18 Å². The van der Waals surface area contributed by atoms with Gasteiger partial charge in [0.1, 0.15) is 5.71 Å². The zero-order chi connectivity index (χ0) is 20.8. The molecule has 0 unspecified atom stereocenters. The fourth-order valence-corrected chi connectivity index (χ4v) is 4.36. The van der Waals surface area contributed by atoms with Gasteiger partial charge in [-0.2, -0.15) is 13.2 Å². The number of hydrogen-bond donors (Lipinski definition) is 1. The van der Waals surface area contributed by atoms with Crippen molar-refractivity contribution in [3.05, 3.63) is 46.0 Å². The number of nitrogens with one attached hydrogen (secondary N) is 1. The maximum atomic E-state index is 13.9. The van der Waals surface area contributed by atoms with Crippen LogP contribution in [0.25, 0.3) is 0 Å². The molecule has 3 aliphatic rings. The summed E-state index contributed by atoms with van der Waals surface area (Å²) in [6.45, 7) is 2.47. The molecule has 1 saturated heterocycles. The maximum Gasteiger partial charge on any atom is 0.419 e. The Balaban J connectivity index is 1.49. The fraction of sp³-hybridized carbons (Fsp3) is 0.500. The maximum absolute atomic E-state index is 13.9. The summed E-state index contributed by atoms with van der Waals surface area (Å²) in [5.41, 5.74) is 0.755. The van der Waals surface area contributed by atoms with Gasteiger partial charge in [0.25, 0.3) is 5.91 Å². The van der Waals surface area contributed by atoms with Crippen LogP contribution in [0, 0.1) is 11.6 Å². The van der Waals surface area contributed by atoms with Crippen molar-refractivity contribution >= 4 is 11.6 Å². The van der Waals surface area contributed by atoms with Crippen LogP contribution in [0.3, 0.4) is 0 Å². The van der Waals surface area contributed by atoms with E-state index in [0.29, 0.717) is 18.8 Å². The van der Waals surface area contributed by atoms with Crippen molar-refractivity contribution in [3.63, 3.8) is 0 Å². The lowest BCUT2D eigenvalue weighted by atomic mass is 9.85. The van der Waals surface area contributed by atoms with Gasteiger partial charge in [0.2, 0.25) is 0 Å². The third kappa shape index (κ3) is 3.68. The summed E-state index contributed by atoms with van der Waals surface area (Å²) in [5, 5.41) is 3.22. The largest absolute Gasteiger partial charge is 0.419 e. The van der Waals surface area contributed by atoms with Crippen molar-refractivity contribution in [3.8, 4) is 0 Å². The van der Waals surface area contributed by atoms with Gasteiger partial charge < -0.3 is 10.2 Å². The molecule has 0 bridgehead atoms. The van der Waals surface area contributed by atoms with Gasteiger partial charge in [0.05, 0.1) is 12.1 Å². The molecule has 3 aliphatic heterocycles. The molecule has 4 rings (SSSR count). The monoisotopic (exact) mass is 413 g/mol. The van der Waals surface area contributed by atoms with Crippen LogP contribution in [-0.4, -0.2) is 49.2 Å². The standard InChI is InChI=1S/C20H20F5N3O/c21-15-2-1-13(16(17(15)22)20(23,24)25)11-4-7-28(8-5-11)19(29)18-14-10-26-6-3-12(14)9-27-18/h1-2,11,26H,3-10H2. The first-order chi connectivity index (χ1) is 13.8. The van der Waals surface area contributed by atoms with Crippen LogP contribution in [0.15, 0.2) is 28.3 Å². The average Bonchev–Trinajstić information content (AvgIpc) is 3.13. The van der Waals surface area contributed by atoms with E-state index in [1.165, 1.54) is 5.57 Å². The van der Waals surface area contributed by atoms with Crippen molar-refractivity contribution < 1.29 is 26.7 Å². The molecule has 0 aromatic heterocycles. The topological polar surface area (TPSA) is 44.7 Å². The molecule has 1 fully saturated rings. The second kappa shape index (κ2) is 7.51. The highest BCUT2D eigenvalue weighted by Gasteiger charge is 2.41. The molecular weight excluding hydrogens is 393 g/mol. The van der Waals surface area contributed by atoms with E-state index in [9.17, 15) is 26.7 Å². The molecule has 3 heterocycles. The van der Waals surface area contributed by atoms with E-state index in [1.54, 1.807) is 4.90 Å². The Morgan fingerprint density at radius 2 is 1.90 bits per heavy atom. The van der Waals surface area contributed by atoms with Gasteiger partial charge in [-0.3, -0.25) is 9.79 Å². The third-order valence-electron chi connectivity index (χ3n) is 5.88. The highest BCUT2D eigenvalue weighted by molar-refractivity contribution is 6.46. The number of nitrogens with zero attached hydrogens (tertiary/aromatic N) is 2. The van der Waals surface area contributed by atoms with Crippen LogP contribution in [0.5, 0.6) is 0 Å². The highest BCUT2D eigenvalue weighted by Crippen LogP contribution is 2.41. The predicted molar refractivity (Wildman–Crippen MR) is 96.7 cm³/mol. The van der Waals surface area contributed by atoms with Gasteiger partial charge in [-0.1, -0.05) is 6.07 Å². The number of hydrogen-bond acceptors (Lipinski definition) is 3. The van der Waals surface area contributed by atoms with Crippen molar-refractivity contribution in [2.75, 3.05) is 32.7 Å². The van der Waals surface area contributed by atoms with E-state index in [-0.39, 0.29) is 37.4 Å². The first-order valence-electron chi connectivity index (χ1n) is 9.58. The van der Waals surface area contributed by atoms with Gasteiger partial charge in [-0.05, 0) is 54.5 Å². The number of benzene rings is 1. The minimum Gasteiger partial charge on any atom is -0.337 e. The summed E-state index contributed by atoms with van der Waals surface area (Å²) in [6, 6.07) is 1.74. The first kappa shape index (κ1) is 20.0. The molecule has 1 aromatic rings. The third-order valence-corrected chi connectivity index (χ3v) is 5.88. The smallest absolute Gasteiger partial charge is 0.337 e. The molecule has 29 heavy (non-hydrogen) atoms.